The summed E-state index contributed by atoms with van der Waals surface area (Å²) < 4.78 is 5.07. The first-order chi connectivity index (χ1) is 12.5. The van der Waals surface area contributed by atoms with E-state index >= 15 is 0 Å². The maximum Gasteiger partial charge on any atom is 0.291 e. The highest BCUT2D eigenvalue weighted by Crippen LogP contribution is 2.28. The molecule has 0 aliphatic carbocycles. The largest absolute Gasteiger partial charge is 0.459 e. The molecule has 0 aliphatic heterocycles. The number of furan rings is 1. The first-order valence-electron chi connectivity index (χ1n) is 7.96. The maximum atomic E-state index is 12.6. The van der Waals surface area contributed by atoms with Crippen LogP contribution in [0.3, 0.4) is 0 Å². The minimum Gasteiger partial charge on any atom is -0.459 e. The Kier molecular flexibility index (Phi) is 5.44. The molecule has 3 aromatic rings. The van der Waals surface area contributed by atoms with Gasteiger partial charge in [0.05, 0.1) is 22.2 Å². The van der Waals surface area contributed by atoms with Gasteiger partial charge in [-0.1, -0.05) is 29.8 Å². The first kappa shape index (κ1) is 18.2. The van der Waals surface area contributed by atoms with Crippen molar-refractivity contribution in [2.45, 2.75) is 19.9 Å². The Balaban J connectivity index is 1.71. The van der Waals surface area contributed by atoms with Crippen molar-refractivity contribution in [2.24, 2.45) is 0 Å². The van der Waals surface area contributed by atoms with Gasteiger partial charge in [0.25, 0.3) is 11.8 Å². The van der Waals surface area contributed by atoms with E-state index in [2.05, 4.69) is 10.6 Å². The van der Waals surface area contributed by atoms with E-state index in [1.54, 1.807) is 24.3 Å². The predicted octanol–water partition coefficient (Wildman–Crippen LogP) is 5.05. The van der Waals surface area contributed by atoms with Gasteiger partial charge in [-0.25, -0.2) is 0 Å². The van der Waals surface area contributed by atoms with E-state index < -0.39 is 0 Å². The summed E-state index contributed by atoms with van der Waals surface area (Å²) in [6.45, 7) is 3.70. The average Bonchev–Trinajstić information content (AvgIpc) is 3.25. The van der Waals surface area contributed by atoms with E-state index in [0.717, 1.165) is 11.1 Å². The third kappa shape index (κ3) is 3.98. The fourth-order valence-corrected chi connectivity index (χ4v) is 3.79. The molecule has 5 nitrogen and oxygen atoms in total. The number of thiophene rings is 1. The summed E-state index contributed by atoms with van der Waals surface area (Å²) in [6, 6.07) is 12.1. The van der Waals surface area contributed by atoms with Crippen molar-refractivity contribution in [1.29, 1.82) is 0 Å². The van der Waals surface area contributed by atoms with E-state index in [1.165, 1.54) is 17.6 Å². The van der Waals surface area contributed by atoms with Crippen LogP contribution in [0.5, 0.6) is 0 Å². The molecule has 26 heavy (non-hydrogen) atoms. The minimum absolute atomic E-state index is 0.210. The summed E-state index contributed by atoms with van der Waals surface area (Å²) in [4.78, 5) is 25.2. The Labute approximate surface area is 160 Å². The van der Waals surface area contributed by atoms with Crippen molar-refractivity contribution in [3.05, 3.63) is 75.5 Å². The number of amides is 2. The molecule has 2 heterocycles. The second-order valence-corrected chi connectivity index (χ2v) is 7.23. The number of anilines is 1. The van der Waals surface area contributed by atoms with Crippen molar-refractivity contribution < 1.29 is 14.0 Å². The Morgan fingerprint density at radius 3 is 2.62 bits per heavy atom. The Hall–Kier alpha value is -2.57. The highest BCUT2D eigenvalue weighted by molar-refractivity contribution is 7.18. The van der Waals surface area contributed by atoms with Gasteiger partial charge in [0, 0.05) is 5.02 Å². The number of hydrogen-bond donors (Lipinski definition) is 2. The fourth-order valence-electron chi connectivity index (χ4n) is 2.52. The normalized spacial score (nSPS) is 11.8. The lowest BCUT2D eigenvalue weighted by atomic mass is 10.1. The van der Waals surface area contributed by atoms with Gasteiger partial charge in [0.2, 0.25) is 0 Å². The van der Waals surface area contributed by atoms with Crippen LogP contribution in [0.1, 0.15) is 44.3 Å². The average molecular weight is 389 g/mol. The van der Waals surface area contributed by atoms with Crippen molar-refractivity contribution in [3.63, 3.8) is 0 Å². The van der Waals surface area contributed by atoms with Gasteiger partial charge in [0.15, 0.2) is 5.76 Å². The number of carbonyl (C=O) groups is 2. The first-order valence-corrected chi connectivity index (χ1v) is 9.15. The van der Waals surface area contributed by atoms with Crippen LogP contribution >= 0.6 is 22.9 Å². The van der Waals surface area contributed by atoms with E-state index in [9.17, 15) is 9.59 Å². The molecule has 0 aliphatic rings. The Morgan fingerprint density at radius 1 is 1.15 bits per heavy atom. The summed E-state index contributed by atoms with van der Waals surface area (Å²) in [5, 5.41) is 6.87. The molecule has 1 aromatic carbocycles. The molecule has 1 atom stereocenters. The molecule has 0 saturated heterocycles. The van der Waals surface area contributed by atoms with Crippen molar-refractivity contribution in [1.82, 2.24) is 5.32 Å². The molecule has 0 radical (unpaired) electrons. The Bertz CT molecular complexity index is 934. The number of carbonyl (C=O) groups excluding carboxylic acids is 2. The van der Waals surface area contributed by atoms with Crippen LogP contribution in [0.15, 0.2) is 53.1 Å². The van der Waals surface area contributed by atoms with Crippen LogP contribution in [0.25, 0.3) is 0 Å². The van der Waals surface area contributed by atoms with E-state index in [4.69, 9.17) is 16.0 Å². The predicted molar refractivity (Wildman–Crippen MR) is 103 cm³/mol. The molecule has 7 heteroatoms. The van der Waals surface area contributed by atoms with Crippen molar-refractivity contribution in [2.75, 3.05) is 5.32 Å². The van der Waals surface area contributed by atoms with Crippen LogP contribution in [0, 0.1) is 6.92 Å². The second-order valence-electron chi connectivity index (χ2n) is 5.77. The van der Waals surface area contributed by atoms with Crippen LogP contribution in [-0.2, 0) is 0 Å². The monoisotopic (exact) mass is 388 g/mol. The van der Waals surface area contributed by atoms with E-state index in [1.807, 2.05) is 32.0 Å². The highest BCUT2D eigenvalue weighted by atomic mass is 35.5. The number of nitrogens with one attached hydrogen (secondary N) is 2. The van der Waals surface area contributed by atoms with Crippen LogP contribution in [-0.4, -0.2) is 11.8 Å². The van der Waals surface area contributed by atoms with Crippen molar-refractivity contribution >= 4 is 39.8 Å². The molecular formula is C19H17ClN2O3S. The zero-order valence-electron chi connectivity index (χ0n) is 14.2. The van der Waals surface area contributed by atoms with Gasteiger partial charge < -0.3 is 15.1 Å². The molecule has 0 fully saturated rings. The summed E-state index contributed by atoms with van der Waals surface area (Å²) in [5.41, 5.74) is 1.64. The molecule has 3 rings (SSSR count). The molecule has 0 saturated carbocycles. The molecular weight excluding hydrogens is 372 g/mol. The number of hydrogen-bond acceptors (Lipinski definition) is 4. The smallest absolute Gasteiger partial charge is 0.291 e. The minimum atomic E-state index is -0.354. The molecule has 0 spiro atoms. The molecule has 2 aromatic heterocycles. The number of aryl methyl sites for hydroxylation is 1. The third-order valence-corrected chi connectivity index (χ3v) is 5.32. The fraction of sp³-hybridized carbons (Fsp3) is 0.158. The topological polar surface area (TPSA) is 71.3 Å². The van der Waals surface area contributed by atoms with Crippen LogP contribution in [0.4, 0.5) is 5.00 Å². The van der Waals surface area contributed by atoms with Crippen LogP contribution in [0.2, 0.25) is 5.02 Å². The number of benzene rings is 1. The van der Waals surface area contributed by atoms with Crippen molar-refractivity contribution in [3.8, 4) is 0 Å². The second kappa shape index (κ2) is 7.76. The Morgan fingerprint density at radius 2 is 1.92 bits per heavy atom. The maximum absolute atomic E-state index is 12.6. The zero-order valence-corrected chi connectivity index (χ0v) is 15.8. The van der Waals surface area contributed by atoms with Crippen LogP contribution < -0.4 is 10.6 Å². The lowest BCUT2D eigenvalue weighted by molar-refractivity contribution is 0.0942. The van der Waals surface area contributed by atoms with Gasteiger partial charge in [0.1, 0.15) is 0 Å². The molecule has 2 amide bonds. The standard InChI is InChI=1S/C19H17ClN2O3S/c1-11-10-16(22-18(23)15-8-5-9-25-15)26-17(11)19(24)21-12(2)13-6-3-4-7-14(13)20/h3-10,12H,1-2H3,(H,21,24)(H,22,23). The summed E-state index contributed by atoms with van der Waals surface area (Å²) in [5.74, 6) is -0.347. The SMILES string of the molecule is Cc1cc(NC(=O)c2ccco2)sc1C(=O)NC(C)c1ccccc1Cl. The van der Waals surface area contributed by atoms with E-state index in [0.29, 0.717) is 14.9 Å². The summed E-state index contributed by atoms with van der Waals surface area (Å²) in [6.07, 6.45) is 1.43. The third-order valence-electron chi connectivity index (χ3n) is 3.83. The summed E-state index contributed by atoms with van der Waals surface area (Å²) >= 11 is 7.40. The van der Waals surface area contributed by atoms with Gasteiger partial charge in [-0.2, -0.15) is 0 Å². The van der Waals surface area contributed by atoms with Gasteiger partial charge in [-0.3, -0.25) is 9.59 Å². The van der Waals surface area contributed by atoms with Gasteiger partial charge >= 0.3 is 0 Å². The quantitative estimate of drug-likeness (QED) is 0.642. The van der Waals surface area contributed by atoms with Gasteiger partial charge in [-0.15, -0.1) is 11.3 Å². The van der Waals surface area contributed by atoms with Gasteiger partial charge in [-0.05, 0) is 49.2 Å². The lowest BCUT2D eigenvalue weighted by Crippen LogP contribution is -2.26. The zero-order chi connectivity index (χ0) is 18.7. The summed E-state index contributed by atoms with van der Waals surface area (Å²) in [7, 11) is 0. The number of halogens is 1. The lowest BCUT2D eigenvalue weighted by Gasteiger charge is -2.15. The molecule has 134 valence electrons. The van der Waals surface area contributed by atoms with E-state index in [-0.39, 0.29) is 23.6 Å². The molecule has 1 unspecified atom stereocenters. The number of rotatable bonds is 5. The highest BCUT2D eigenvalue weighted by Gasteiger charge is 2.19. The molecule has 0 bridgehead atoms. The molecule has 2 N–H and O–H groups in total.